The highest BCUT2D eigenvalue weighted by atomic mass is 16.2. The van der Waals surface area contributed by atoms with Gasteiger partial charge in [0.15, 0.2) is 0 Å². The minimum absolute atomic E-state index is 0.00533. The van der Waals surface area contributed by atoms with Crippen molar-refractivity contribution in [1.82, 2.24) is 15.1 Å². The van der Waals surface area contributed by atoms with Crippen LogP contribution in [0.15, 0.2) is 0 Å². The fraction of sp³-hybridized carbons (Fsp3) is 0.636. The van der Waals surface area contributed by atoms with Gasteiger partial charge >= 0.3 is 0 Å². The van der Waals surface area contributed by atoms with Crippen LogP contribution in [0, 0.1) is 6.92 Å². The number of anilines is 2. The van der Waals surface area contributed by atoms with Gasteiger partial charge in [-0.2, -0.15) is 5.10 Å². The Hall–Kier alpha value is -1.72. The summed E-state index contributed by atoms with van der Waals surface area (Å²) in [5, 5.41) is 10.2. The minimum Gasteiger partial charge on any atom is -0.394 e. The number of aromatic nitrogens is 2. The first-order chi connectivity index (χ1) is 7.99. The molecule has 1 fully saturated rings. The Morgan fingerprint density at radius 3 is 2.71 bits per heavy atom. The monoisotopic (exact) mass is 237 g/mol. The predicted molar refractivity (Wildman–Crippen MR) is 66.6 cm³/mol. The van der Waals surface area contributed by atoms with E-state index < -0.39 is 0 Å². The van der Waals surface area contributed by atoms with Crippen molar-refractivity contribution in [3.8, 4) is 0 Å². The standard InChI is InChI=1S/C11H19N5O/c1-6-9(12)10(16(3)15-6)13-7(2)11(17)14-8-4-5-8/h7-8,13H,4-5,12H2,1-3H3,(H,14,17). The molecule has 17 heavy (non-hydrogen) atoms. The number of nitrogens with two attached hydrogens (primary N) is 1. The number of carbonyl (C=O) groups is 1. The van der Waals surface area contributed by atoms with Crippen molar-refractivity contribution >= 4 is 17.4 Å². The Bertz CT molecular complexity index is 435. The largest absolute Gasteiger partial charge is 0.394 e. The molecular formula is C11H19N5O. The number of nitrogens with one attached hydrogen (secondary N) is 2. The second-order valence-corrected chi connectivity index (χ2v) is 4.62. The van der Waals surface area contributed by atoms with Crippen LogP contribution in [0.1, 0.15) is 25.5 Å². The number of hydrogen-bond acceptors (Lipinski definition) is 4. The van der Waals surface area contributed by atoms with E-state index in [1.165, 1.54) is 0 Å². The molecule has 1 amide bonds. The third-order valence-electron chi connectivity index (χ3n) is 2.94. The van der Waals surface area contributed by atoms with Crippen LogP contribution in [0.3, 0.4) is 0 Å². The third kappa shape index (κ3) is 2.51. The molecule has 0 bridgehead atoms. The molecule has 4 N–H and O–H groups in total. The van der Waals surface area contributed by atoms with Gasteiger partial charge in [-0.05, 0) is 26.7 Å². The Morgan fingerprint density at radius 1 is 1.59 bits per heavy atom. The maximum absolute atomic E-state index is 11.8. The lowest BCUT2D eigenvalue weighted by atomic mass is 10.3. The smallest absolute Gasteiger partial charge is 0.242 e. The van der Waals surface area contributed by atoms with Crippen molar-refractivity contribution < 1.29 is 4.79 Å². The first-order valence-corrected chi connectivity index (χ1v) is 5.85. The Morgan fingerprint density at radius 2 is 2.24 bits per heavy atom. The number of carbonyl (C=O) groups excluding carboxylic acids is 1. The molecule has 1 aromatic rings. The highest BCUT2D eigenvalue weighted by molar-refractivity contribution is 5.85. The Kier molecular flexibility index (Phi) is 2.95. The van der Waals surface area contributed by atoms with E-state index in [4.69, 9.17) is 5.73 Å². The van der Waals surface area contributed by atoms with Crippen molar-refractivity contribution in [3.05, 3.63) is 5.69 Å². The van der Waals surface area contributed by atoms with E-state index in [-0.39, 0.29) is 11.9 Å². The zero-order chi connectivity index (χ0) is 12.6. The van der Waals surface area contributed by atoms with Gasteiger partial charge in [0.25, 0.3) is 0 Å². The second-order valence-electron chi connectivity index (χ2n) is 4.62. The van der Waals surface area contributed by atoms with Gasteiger partial charge in [0.1, 0.15) is 11.9 Å². The molecule has 6 heteroatoms. The van der Waals surface area contributed by atoms with E-state index >= 15 is 0 Å². The number of nitrogen functional groups attached to an aromatic ring is 1. The topological polar surface area (TPSA) is 85.0 Å². The summed E-state index contributed by atoms with van der Waals surface area (Å²) in [6.07, 6.45) is 2.18. The Balaban J connectivity index is 2.01. The molecule has 0 aliphatic heterocycles. The van der Waals surface area contributed by atoms with Crippen molar-refractivity contribution in [2.45, 2.75) is 38.8 Å². The molecule has 2 rings (SSSR count). The van der Waals surface area contributed by atoms with Gasteiger partial charge in [0.2, 0.25) is 5.91 Å². The summed E-state index contributed by atoms with van der Waals surface area (Å²) in [5.41, 5.74) is 7.25. The normalized spacial score (nSPS) is 16.6. The molecule has 94 valence electrons. The van der Waals surface area contributed by atoms with Gasteiger partial charge in [-0.25, -0.2) is 0 Å². The first-order valence-electron chi connectivity index (χ1n) is 5.85. The summed E-state index contributed by atoms with van der Waals surface area (Å²) in [5.74, 6) is 0.701. The van der Waals surface area contributed by atoms with Crippen LogP contribution in [-0.2, 0) is 11.8 Å². The third-order valence-corrected chi connectivity index (χ3v) is 2.94. The van der Waals surface area contributed by atoms with Gasteiger partial charge in [-0.15, -0.1) is 0 Å². The maximum atomic E-state index is 11.8. The summed E-state index contributed by atoms with van der Waals surface area (Å²) in [4.78, 5) is 11.8. The van der Waals surface area contributed by atoms with Crippen molar-refractivity contribution in [3.63, 3.8) is 0 Å². The SMILES string of the molecule is Cc1nn(C)c(NC(C)C(=O)NC2CC2)c1N. The average Bonchev–Trinajstić information content (AvgIpc) is 3.03. The highest BCUT2D eigenvalue weighted by Gasteiger charge is 2.26. The van der Waals surface area contributed by atoms with Crippen LogP contribution in [0.5, 0.6) is 0 Å². The number of nitrogens with zero attached hydrogens (tertiary/aromatic N) is 2. The van der Waals surface area contributed by atoms with E-state index in [2.05, 4.69) is 15.7 Å². The van der Waals surface area contributed by atoms with E-state index in [1.54, 1.807) is 11.7 Å². The van der Waals surface area contributed by atoms with Crippen LogP contribution < -0.4 is 16.4 Å². The molecule has 0 spiro atoms. The van der Waals surface area contributed by atoms with E-state index in [0.29, 0.717) is 17.5 Å². The van der Waals surface area contributed by atoms with Gasteiger partial charge in [-0.3, -0.25) is 9.48 Å². The lowest BCUT2D eigenvalue weighted by molar-refractivity contribution is -0.121. The fourth-order valence-electron chi connectivity index (χ4n) is 1.67. The molecular weight excluding hydrogens is 218 g/mol. The van der Waals surface area contributed by atoms with Gasteiger partial charge < -0.3 is 16.4 Å². The quantitative estimate of drug-likeness (QED) is 0.707. The second kappa shape index (κ2) is 4.27. The number of aryl methyl sites for hydroxylation is 2. The van der Waals surface area contributed by atoms with Crippen LogP contribution in [0.25, 0.3) is 0 Å². The van der Waals surface area contributed by atoms with Crippen molar-refractivity contribution in [1.29, 1.82) is 0 Å². The minimum atomic E-state index is -0.312. The summed E-state index contributed by atoms with van der Waals surface area (Å²) < 4.78 is 1.66. The molecule has 1 aliphatic rings. The molecule has 1 saturated carbocycles. The number of hydrogen-bond donors (Lipinski definition) is 3. The van der Waals surface area contributed by atoms with Crippen LogP contribution >= 0.6 is 0 Å². The zero-order valence-corrected chi connectivity index (χ0v) is 10.4. The fourth-order valence-corrected chi connectivity index (χ4v) is 1.67. The highest BCUT2D eigenvalue weighted by Crippen LogP contribution is 2.22. The van der Waals surface area contributed by atoms with Gasteiger partial charge in [0.05, 0.1) is 11.4 Å². The van der Waals surface area contributed by atoms with Crippen molar-refractivity contribution in [2.24, 2.45) is 7.05 Å². The van der Waals surface area contributed by atoms with Crippen molar-refractivity contribution in [2.75, 3.05) is 11.1 Å². The Labute approximate surface area is 101 Å². The summed E-state index contributed by atoms with van der Waals surface area (Å²) in [6, 6.07) is 0.0603. The van der Waals surface area contributed by atoms with E-state index in [1.807, 2.05) is 13.8 Å². The van der Waals surface area contributed by atoms with Crippen LogP contribution in [-0.4, -0.2) is 27.8 Å². The molecule has 0 radical (unpaired) electrons. The maximum Gasteiger partial charge on any atom is 0.242 e. The molecule has 1 aliphatic carbocycles. The van der Waals surface area contributed by atoms with Gasteiger partial charge in [-0.1, -0.05) is 0 Å². The average molecular weight is 237 g/mol. The predicted octanol–water partition coefficient (Wildman–Crippen LogP) is 0.390. The lowest BCUT2D eigenvalue weighted by Crippen LogP contribution is -2.39. The molecule has 6 nitrogen and oxygen atoms in total. The van der Waals surface area contributed by atoms with E-state index in [9.17, 15) is 4.79 Å². The molecule has 0 aromatic carbocycles. The number of amides is 1. The molecule has 1 unspecified atom stereocenters. The molecule has 1 heterocycles. The van der Waals surface area contributed by atoms with Gasteiger partial charge in [0, 0.05) is 13.1 Å². The summed E-state index contributed by atoms with van der Waals surface area (Å²) in [7, 11) is 1.80. The van der Waals surface area contributed by atoms with Crippen LogP contribution in [0.4, 0.5) is 11.5 Å². The number of rotatable bonds is 4. The first kappa shape index (κ1) is 11.8. The lowest BCUT2D eigenvalue weighted by Gasteiger charge is -2.15. The molecule has 1 atom stereocenters. The molecule has 1 aromatic heterocycles. The molecule has 0 saturated heterocycles. The zero-order valence-electron chi connectivity index (χ0n) is 10.4. The summed E-state index contributed by atoms with van der Waals surface area (Å²) >= 11 is 0. The van der Waals surface area contributed by atoms with Crippen LogP contribution in [0.2, 0.25) is 0 Å². The summed E-state index contributed by atoms with van der Waals surface area (Å²) in [6.45, 7) is 3.66. The van der Waals surface area contributed by atoms with E-state index in [0.717, 1.165) is 18.5 Å².